The van der Waals surface area contributed by atoms with Gasteiger partial charge >= 0.3 is 0 Å². The zero-order chi connectivity index (χ0) is 13.2. The third-order valence-electron chi connectivity index (χ3n) is 3.53. The minimum Gasteiger partial charge on any atom is -0.507 e. The van der Waals surface area contributed by atoms with Gasteiger partial charge in [0.15, 0.2) is 0 Å². The molecule has 0 atom stereocenters. The van der Waals surface area contributed by atoms with Crippen molar-refractivity contribution in [3.63, 3.8) is 0 Å². The molecular weight excluding hydrogens is 252 g/mol. The van der Waals surface area contributed by atoms with Crippen molar-refractivity contribution in [1.82, 2.24) is 5.32 Å². The van der Waals surface area contributed by atoms with Crippen molar-refractivity contribution < 1.29 is 9.90 Å². The first-order valence-electron chi connectivity index (χ1n) is 6.07. The van der Waals surface area contributed by atoms with E-state index in [0.29, 0.717) is 11.6 Å². The van der Waals surface area contributed by atoms with Gasteiger partial charge < -0.3 is 16.2 Å². The van der Waals surface area contributed by atoms with Gasteiger partial charge in [-0.2, -0.15) is 0 Å². The quantitative estimate of drug-likeness (QED) is 0.785. The highest BCUT2D eigenvalue weighted by molar-refractivity contribution is 6.31. The maximum atomic E-state index is 12.2. The molecule has 4 nitrogen and oxygen atoms in total. The lowest BCUT2D eigenvalue weighted by Crippen LogP contribution is -2.51. The lowest BCUT2D eigenvalue weighted by Gasteiger charge is -2.28. The minimum absolute atomic E-state index is 0.0675. The molecule has 98 valence electrons. The van der Waals surface area contributed by atoms with E-state index in [0.717, 1.165) is 25.7 Å². The molecule has 1 amide bonds. The Balaban J connectivity index is 2.18. The molecule has 0 aliphatic heterocycles. The number of rotatable bonds is 3. The van der Waals surface area contributed by atoms with Crippen LogP contribution in [0.4, 0.5) is 0 Å². The number of hydrogen-bond donors (Lipinski definition) is 3. The van der Waals surface area contributed by atoms with E-state index in [1.165, 1.54) is 12.1 Å². The standard InChI is InChI=1S/C13H17ClN2O2/c14-9-3-4-11(17)10(7-9)12(18)16-13(8-15)5-1-2-6-13/h3-4,7,17H,1-2,5-6,8,15H2,(H,16,18). The molecule has 0 spiro atoms. The molecular formula is C13H17ClN2O2. The lowest BCUT2D eigenvalue weighted by atomic mass is 9.97. The number of hydrogen-bond acceptors (Lipinski definition) is 3. The van der Waals surface area contributed by atoms with Gasteiger partial charge in [0.25, 0.3) is 5.91 Å². The summed E-state index contributed by atoms with van der Waals surface area (Å²) in [5.74, 6) is -0.385. The molecule has 1 fully saturated rings. The van der Waals surface area contributed by atoms with Crippen molar-refractivity contribution in [2.75, 3.05) is 6.54 Å². The summed E-state index contributed by atoms with van der Waals surface area (Å²) in [4.78, 5) is 12.2. The van der Waals surface area contributed by atoms with Crippen LogP contribution in [-0.4, -0.2) is 23.1 Å². The average molecular weight is 269 g/mol. The van der Waals surface area contributed by atoms with Crippen LogP contribution in [0.2, 0.25) is 5.02 Å². The minimum atomic E-state index is -0.328. The topological polar surface area (TPSA) is 75.3 Å². The molecule has 2 rings (SSSR count). The van der Waals surface area contributed by atoms with Crippen LogP contribution in [0.3, 0.4) is 0 Å². The van der Waals surface area contributed by atoms with E-state index >= 15 is 0 Å². The zero-order valence-electron chi connectivity index (χ0n) is 10.1. The Morgan fingerprint density at radius 3 is 2.72 bits per heavy atom. The summed E-state index contributed by atoms with van der Waals surface area (Å²) in [5.41, 5.74) is 5.63. The van der Waals surface area contributed by atoms with Crippen molar-refractivity contribution in [1.29, 1.82) is 0 Å². The van der Waals surface area contributed by atoms with E-state index in [1.807, 2.05) is 0 Å². The number of benzene rings is 1. The number of amides is 1. The highest BCUT2D eigenvalue weighted by Crippen LogP contribution is 2.30. The van der Waals surface area contributed by atoms with Crippen molar-refractivity contribution in [3.05, 3.63) is 28.8 Å². The summed E-state index contributed by atoms with van der Waals surface area (Å²) < 4.78 is 0. The molecule has 0 unspecified atom stereocenters. The Hall–Kier alpha value is -1.26. The first kappa shape index (κ1) is 13.2. The molecule has 0 heterocycles. The third-order valence-corrected chi connectivity index (χ3v) is 3.77. The third kappa shape index (κ3) is 2.60. The molecule has 18 heavy (non-hydrogen) atoms. The second-order valence-electron chi connectivity index (χ2n) is 4.81. The van der Waals surface area contributed by atoms with Crippen molar-refractivity contribution in [3.8, 4) is 5.75 Å². The number of halogens is 1. The first-order valence-corrected chi connectivity index (χ1v) is 6.45. The van der Waals surface area contributed by atoms with Gasteiger partial charge in [-0.05, 0) is 31.0 Å². The van der Waals surface area contributed by atoms with Gasteiger partial charge in [0.2, 0.25) is 0 Å². The summed E-state index contributed by atoms with van der Waals surface area (Å²) in [5, 5.41) is 13.1. The number of carbonyl (C=O) groups is 1. The molecule has 0 bridgehead atoms. The summed E-state index contributed by atoms with van der Waals surface area (Å²) in [7, 11) is 0. The van der Waals surface area contributed by atoms with Gasteiger partial charge in [-0.1, -0.05) is 24.4 Å². The van der Waals surface area contributed by atoms with Gasteiger partial charge in [-0.25, -0.2) is 0 Å². The van der Waals surface area contributed by atoms with Crippen LogP contribution in [0.25, 0.3) is 0 Å². The Morgan fingerprint density at radius 2 is 2.11 bits per heavy atom. The largest absolute Gasteiger partial charge is 0.507 e. The SMILES string of the molecule is NCC1(NC(=O)c2cc(Cl)ccc2O)CCCC1. The molecule has 0 saturated heterocycles. The van der Waals surface area contributed by atoms with Gasteiger partial charge in [0.05, 0.1) is 11.1 Å². The number of nitrogens with two attached hydrogens (primary N) is 1. The van der Waals surface area contributed by atoms with Crippen molar-refractivity contribution in [2.24, 2.45) is 5.73 Å². The summed E-state index contributed by atoms with van der Waals surface area (Å²) in [6, 6.07) is 4.42. The van der Waals surface area contributed by atoms with Crippen molar-refractivity contribution >= 4 is 17.5 Å². The Bertz CT molecular complexity index is 456. The molecule has 5 heteroatoms. The maximum Gasteiger partial charge on any atom is 0.255 e. The second-order valence-corrected chi connectivity index (χ2v) is 5.24. The number of nitrogens with one attached hydrogen (secondary N) is 1. The molecule has 1 aliphatic carbocycles. The van der Waals surface area contributed by atoms with Crippen LogP contribution in [-0.2, 0) is 0 Å². The number of phenolic OH excluding ortho intramolecular Hbond substituents is 1. The fourth-order valence-corrected chi connectivity index (χ4v) is 2.60. The predicted molar refractivity (Wildman–Crippen MR) is 70.8 cm³/mol. The Morgan fingerprint density at radius 1 is 1.44 bits per heavy atom. The smallest absolute Gasteiger partial charge is 0.255 e. The molecule has 4 N–H and O–H groups in total. The van der Waals surface area contributed by atoms with Crippen LogP contribution in [0.5, 0.6) is 5.75 Å². The fraction of sp³-hybridized carbons (Fsp3) is 0.462. The van der Waals surface area contributed by atoms with Crippen LogP contribution in [0, 0.1) is 0 Å². The highest BCUT2D eigenvalue weighted by Gasteiger charge is 2.34. The van der Waals surface area contributed by atoms with E-state index in [4.69, 9.17) is 17.3 Å². The number of carbonyl (C=O) groups excluding carboxylic acids is 1. The summed E-state index contributed by atoms with van der Waals surface area (Å²) in [6.45, 7) is 0.417. The average Bonchev–Trinajstić information content (AvgIpc) is 2.81. The number of phenols is 1. The monoisotopic (exact) mass is 268 g/mol. The van der Waals surface area contributed by atoms with E-state index in [9.17, 15) is 9.90 Å². The number of aromatic hydroxyl groups is 1. The first-order chi connectivity index (χ1) is 8.56. The van der Waals surface area contributed by atoms with Crippen LogP contribution >= 0.6 is 11.6 Å². The summed E-state index contributed by atoms with van der Waals surface area (Å²) in [6.07, 6.45) is 3.91. The normalized spacial score (nSPS) is 17.7. The fourth-order valence-electron chi connectivity index (χ4n) is 2.43. The van der Waals surface area contributed by atoms with Gasteiger partial charge in [-0.15, -0.1) is 0 Å². The van der Waals surface area contributed by atoms with Crippen LogP contribution in [0.15, 0.2) is 18.2 Å². The van der Waals surface area contributed by atoms with Crippen LogP contribution < -0.4 is 11.1 Å². The molecule has 1 aromatic rings. The lowest BCUT2D eigenvalue weighted by molar-refractivity contribution is 0.0900. The molecule has 0 radical (unpaired) electrons. The maximum absolute atomic E-state index is 12.2. The second kappa shape index (κ2) is 5.16. The highest BCUT2D eigenvalue weighted by atomic mass is 35.5. The van der Waals surface area contributed by atoms with E-state index < -0.39 is 0 Å². The predicted octanol–water partition coefficient (Wildman–Crippen LogP) is 2.05. The summed E-state index contributed by atoms with van der Waals surface area (Å²) >= 11 is 5.83. The Labute approximate surface area is 111 Å². The van der Waals surface area contributed by atoms with Crippen molar-refractivity contribution in [2.45, 2.75) is 31.2 Å². The molecule has 1 saturated carbocycles. The van der Waals surface area contributed by atoms with Gasteiger partial charge in [0.1, 0.15) is 5.75 Å². The van der Waals surface area contributed by atoms with E-state index in [2.05, 4.69) is 5.32 Å². The van der Waals surface area contributed by atoms with Gasteiger partial charge in [-0.3, -0.25) is 4.79 Å². The van der Waals surface area contributed by atoms with Gasteiger partial charge in [0, 0.05) is 11.6 Å². The molecule has 1 aromatic carbocycles. The molecule has 1 aliphatic rings. The Kier molecular flexibility index (Phi) is 3.78. The zero-order valence-corrected chi connectivity index (χ0v) is 10.8. The van der Waals surface area contributed by atoms with E-state index in [-0.39, 0.29) is 22.8 Å². The van der Waals surface area contributed by atoms with E-state index in [1.54, 1.807) is 6.07 Å². The molecule has 0 aromatic heterocycles. The van der Waals surface area contributed by atoms with Crippen LogP contribution in [0.1, 0.15) is 36.0 Å².